The third-order valence-electron chi connectivity index (χ3n) is 3.53. The second-order valence-corrected chi connectivity index (χ2v) is 6.37. The average molecular weight is 317 g/mol. The van der Waals surface area contributed by atoms with Gasteiger partial charge in [0.15, 0.2) is 0 Å². The first-order chi connectivity index (χ1) is 10.4. The highest BCUT2D eigenvalue weighted by Crippen LogP contribution is 2.21. The molecular weight excluding hydrogens is 296 g/mol. The summed E-state index contributed by atoms with van der Waals surface area (Å²) < 4.78 is 0. The van der Waals surface area contributed by atoms with E-state index in [4.69, 9.17) is 11.6 Å². The molecule has 2 N–H and O–H groups in total. The zero-order chi connectivity index (χ0) is 16.2. The van der Waals surface area contributed by atoms with E-state index in [-0.39, 0.29) is 6.03 Å². The predicted octanol–water partition coefficient (Wildman–Crippen LogP) is 4.38. The number of nitrogens with one attached hydrogen (secondary N) is 2. The van der Waals surface area contributed by atoms with E-state index >= 15 is 0 Å². The van der Waals surface area contributed by atoms with Gasteiger partial charge in [-0.25, -0.2) is 4.79 Å². The lowest BCUT2D eigenvalue weighted by Crippen LogP contribution is -2.46. The largest absolute Gasteiger partial charge is 0.334 e. The smallest absolute Gasteiger partial charge is 0.315 e. The zero-order valence-electron chi connectivity index (χ0n) is 13.1. The topological polar surface area (TPSA) is 41.1 Å². The number of aryl methyl sites for hydroxylation is 1. The molecule has 4 heteroatoms. The molecule has 2 amide bonds. The summed E-state index contributed by atoms with van der Waals surface area (Å²) in [5.41, 5.74) is 2.80. The van der Waals surface area contributed by atoms with Crippen LogP contribution in [-0.4, -0.2) is 6.03 Å². The maximum Gasteiger partial charge on any atom is 0.315 e. The van der Waals surface area contributed by atoms with Crippen LogP contribution in [0.25, 0.3) is 0 Å². The SMILES string of the molecule is Cc1cccc(CNC(=O)NC(C)(C)c2ccc(Cl)cc2)c1. The van der Waals surface area contributed by atoms with Crippen LogP contribution in [0.3, 0.4) is 0 Å². The average Bonchev–Trinajstić information content (AvgIpc) is 2.45. The summed E-state index contributed by atoms with van der Waals surface area (Å²) in [5.74, 6) is 0. The van der Waals surface area contributed by atoms with Gasteiger partial charge in [-0.3, -0.25) is 0 Å². The Balaban J connectivity index is 1.94. The lowest BCUT2D eigenvalue weighted by Gasteiger charge is -2.27. The van der Waals surface area contributed by atoms with Crippen molar-refractivity contribution < 1.29 is 4.79 Å². The molecule has 0 aliphatic carbocycles. The van der Waals surface area contributed by atoms with Gasteiger partial charge in [0.25, 0.3) is 0 Å². The number of rotatable bonds is 4. The van der Waals surface area contributed by atoms with Crippen molar-refractivity contribution >= 4 is 17.6 Å². The van der Waals surface area contributed by atoms with Crippen LogP contribution >= 0.6 is 11.6 Å². The van der Waals surface area contributed by atoms with Gasteiger partial charge in [0, 0.05) is 11.6 Å². The van der Waals surface area contributed by atoms with E-state index in [9.17, 15) is 4.79 Å². The monoisotopic (exact) mass is 316 g/mol. The number of carbonyl (C=O) groups excluding carboxylic acids is 1. The van der Waals surface area contributed by atoms with Crippen LogP contribution in [0.15, 0.2) is 48.5 Å². The third kappa shape index (κ3) is 4.50. The van der Waals surface area contributed by atoms with Crippen molar-refractivity contribution in [2.75, 3.05) is 0 Å². The van der Waals surface area contributed by atoms with Gasteiger partial charge in [-0.15, -0.1) is 0 Å². The van der Waals surface area contributed by atoms with Gasteiger partial charge in [-0.05, 0) is 44.0 Å². The summed E-state index contributed by atoms with van der Waals surface area (Å²) in [7, 11) is 0. The minimum absolute atomic E-state index is 0.193. The molecule has 3 nitrogen and oxygen atoms in total. The summed E-state index contributed by atoms with van der Waals surface area (Å²) in [5, 5.41) is 6.55. The molecule has 22 heavy (non-hydrogen) atoms. The highest BCUT2D eigenvalue weighted by molar-refractivity contribution is 6.30. The fraction of sp³-hybridized carbons (Fsp3) is 0.278. The van der Waals surface area contributed by atoms with Crippen molar-refractivity contribution in [1.29, 1.82) is 0 Å². The van der Waals surface area contributed by atoms with Crippen LogP contribution in [0.2, 0.25) is 5.02 Å². The molecule has 0 saturated heterocycles. The van der Waals surface area contributed by atoms with Gasteiger partial charge < -0.3 is 10.6 Å². The van der Waals surface area contributed by atoms with Crippen molar-refractivity contribution in [3.8, 4) is 0 Å². The number of benzene rings is 2. The van der Waals surface area contributed by atoms with Gasteiger partial charge in [-0.1, -0.05) is 53.6 Å². The van der Waals surface area contributed by atoms with E-state index in [1.54, 1.807) is 0 Å². The fourth-order valence-electron chi connectivity index (χ4n) is 2.27. The Morgan fingerprint density at radius 1 is 1.14 bits per heavy atom. The molecule has 0 bridgehead atoms. The number of carbonyl (C=O) groups is 1. The first-order valence-electron chi connectivity index (χ1n) is 7.24. The van der Waals surface area contributed by atoms with Crippen molar-refractivity contribution in [1.82, 2.24) is 10.6 Å². The highest BCUT2D eigenvalue weighted by atomic mass is 35.5. The minimum Gasteiger partial charge on any atom is -0.334 e. The fourth-order valence-corrected chi connectivity index (χ4v) is 2.40. The van der Waals surface area contributed by atoms with Crippen LogP contribution in [0.1, 0.15) is 30.5 Å². The van der Waals surface area contributed by atoms with E-state index in [0.717, 1.165) is 11.1 Å². The molecule has 0 aliphatic rings. The van der Waals surface area contributed by atoms with Crippen LogP contribution in [0, 0.1) is 6.92 Å². The standard InChI is InChI=1S/C18H21ClN2O/c1-13-5-4-6-14(11-13)12-20-17(22)21-18(2,3)15-7-9-16(19)10-8-15/h4-11H,12H2,1-3H3,(H2,20,21,22). The summed E-state index contributed by atoms with van der Waals surface area (Å²) >= 11 is 5.90. The van der Waals surface area contributed by atoms with Gasteiger partial charge in [0.05, 0.1) is 5.54 Å². The molecule has 0 spiro atoms. The van der Waals surface area contributed by atoms with E-state index < -0.39 is 5.54 Å². The Morgan fingerprint density at radius 3 is 2.45 bits per heavy atom. The van der Waals surface area contributed by atoms with Crippen molar-refractivity contribution in [2.45, 2.75) is 32.9 Å². The molecule has 2 aromatic rings. The molecular formula is C18H21ClN2O. The molecule has 2 rings (SSSR count). The van der Waals surface area contributed by atoms with Gasteiger partial charge in [-0.2, -0.15) is 0 Å². The Morgan fingerprint density at radius 2 is 1.82 bits per heavy atom. The van der Waals surface area contributed by atoms with Crippen molar-refractivity contribution in [3.63, 3.8) is 0 Å². The third-order valence-corrected chi connectivity index (χ3v) is 3.78. The number of hydrogen-bond acceptors (Lipinski definition) is 1. The van der Waals surface area contributed by atoms with Crippen LogP contribution in [0.4, 0.5) is 4.79 Å². The van der Waals surface area contributed by atoms with Gasteiger partial charge in [0.2, 0.25) is 0 Å². The molecule has 0 heterocycles. The molecule has 0 saturated carbocycles. The number of hydrogen-bond donors (Lipinski definition) is 2. The number of urea groups is 1. The van der Waals surface area contributed by atoms with Crippen molar-refractivity contribution in [3.05, 3.63) is 70.2 Å². The summed E-state index contributed by atoms with van der Waals surface area (Å²) in [4.78, 5) is 12.1. The quantitative estimate of drug-likeness (QED) is 0.863. The van der Waals surface area contributed by atoms with E-state index in [1.807, 2.05) is 63.2 Å². The molecule has 0 aliphatic heterocycles. The maximum atomic E-state index is 12.1. The molecule has 2 aromatic carbocycles. The number of halogens is 1. The van der Waals surface area contributed by atoms with Gasteiger partial charge >= 0.3 is 6.03 Å². The normalized spacial score (nSPS) is 11.1. The summed E-state index contributed by atoms with van der Waals surface area (Å²) in [6, 6.07) is 15.4. The van der Waals surface area contributed by atoms with Gasteiger partial charge in [0.1, 0.15) is 0 Å². The second-order valence-electron chi connectivity index (χ2n) is 5.93. The molecule has 0 unspecified atom stereocenters. The number of amides is 2. The molecule has 0 atom stereocenters. The molecule has 0 fully saturated rings. The van der Waals surface area contributed by atoms with E-state index in [2.05, 4.69) is 16.7 Å². The van der Waals surface area contributed by atoms with Crippen molar-refractivity contribution in [2.24, 2.45) is 0 Å². The first-order valence-corrected chi connectivity index (χ1v) is 7.62. The Labute approximate surface area is 136 Å². The molecule has 116 valence electrons. The first kappa shape index (κ1) is 16.4. The zero-order valence-corrected chi connectivity index (χ0v) is 13.9. The Bertz CT molecular complexity index is 650. The summed E-state index contributed by atoms with van der Waals surface area (Å²) in [6.45, 7) is 6.46. The second kappa shape index (κ2) is 6.84. The van der Waals surface area contributed by atoms with E-state index in [1.165, 1.54) is 5.56 Å². The minimum atomic E-state index is -0.471. The molecule has 0 aromatic heterocycles. The molecule has 0 radical (unpaired) electrons. The van der Waals surface area contributed by atoms with Crippen LogP contribution < -0.4 is 10.6 Å². The van der Waals surface area contributed by atoms with Crippen LogP contribution in [-0.2, 0) is 12.1 Å². The summed E-state index contributed by atoms with van der Waals surface area (Å²) in [6.07, 6.45) is 0. The Kier molecular flexibility index (Phi) is 5.09. The lowest BCUT2D eigenvalue weighted by atomic mass is 9.94. The maximum absolute atomic E-state index is 12.1. The Hall–Kier alpha value is -2.00. The van der Waals surface area contributed by atoms with E-state index in [0.29, 0.717) is 11.6 Å². The highest BCUT2D eigenvalue weighted by Gasteiger charge is 2.22. The lowest BCUT2D eigenvalue weighted by molar-refractivity contribution is 0.229. The van der Waals surface area contributed by atoms with Crippen LogP contribution in [0.5, 0.6) is 0 Å². The predicted molar refractivity (Wildman–Crippen MR) is 91.0 cm³/mol.